The van der Waals surface area contributed by atoms with Gasteiger partial charge in [-0.25, -0.2) is 4.39 Å². The highest BCUT2D eigenvalue weighted by Crippen LogP contribution is 2.13. The monoisotopic (exact) mass is 138 g/mol. The molecule has 0 spiro atoms. The molecule has 0 amide bonds. The molecule has 0 unspecified atom stereocenters. The first kappa shape index (κ1) is 5.65. The average Bonchev–Trinajstić information content (AvgIpc) is 2.34. The molecule has 1 aromatic rings. The summed E-state index contributed by atoms with van der Waals surface area (Å²) < 4.78 is 14.4. The highest BCUT2D eigenvalue weighted by molar-refractivity contribution is 5.46. The van der Waals surface area contributed by atoms with Crippen molar-refractivity contribution in [1.82, 2.24) is 9.78 Å². The molecule has 0 atom stereocenters. The second kappa shape index (κ2) is 1.94. The van der Waals surface area contributed by atoms with E-state index < -0.39 is 0 Å². The van der Waals surface area contributed by atoms with E-state index in [0.29, 0.717) is 5.69 Å². The third-order valence-corrected chi connectivity index (χ3v) is 1.62. The molecule has 2 nitrogen and oxygen atoms in total. The van der Waals surface area contributed by atoms with Gasteiger partial charge in [0.25, 0.3) is 0 Å². The maximum Gasteiger partial charge on any atom is 0.168 e. The van der Waals surface area contributed by atoms with E-state index in [0.717, 1.165) is 13.0 Å². The van der Waals surface area contributed by atoms with Gasteiger partial charge < -0.3 is 0 Å². The number of nitrogens with zero attached hydrogens (tertiary/aromatic N) is 2. The second-order valence-electron chi connectivity index (χ2n) is 2.29. The minimum Gasteiger partial charge on any atom is -0.262 e. The van der Waals surface area contributed by atoms with E-state index in [9.17, 15) is 4.39 Å². The van der Waals surface area contributed by atoms with Crippen molar-refractivity contribution >= 4 is 6.08 Å². The number of aromatic nitrogens is 2. The molecule has 2 heterocycles. The summed E-state index contributed by atoms with van der Waals surface area (Å²) >= 11 is 0. The molecule has 2 rings (SSSR count). The fourth-order valence-corrected chi connectivity index (χ4v) is 1.11. The Balaban J connectivity index is 2.57. The number of allylic oxidation sites excluding steroid dienone is 1. The predicted molar refractivity (Wildman–Crippen MR) is 35.8 cm³/mol. The zero-order chi connectivity index (χ0) is 6.97. The van der Waals surface area contributed by atoms with Gasteiger partial charge >= 0.3 is 0 Å². The molecule has 52 valence electrons. The van der Waals surface area contributed by atoms with E-state index in [1.54, 1.807) is 10.8 Å². The number of rotatable bonds is 0. The van der Waals surface area contributed by atoms with E-state index in [4.69, 9.17) is 0 Å². The van der Waals surface area contributed by atoms with Crippen LogP contribution in [0.4, 0.5) is 4.39 Å². The standard InChI is InChI=1S/C7H7FN2/c8-6-5-9-10-4-2-1-3-7(6)10/h1,3,5H,2,4H2. The van der Waals surface area contributed by atoms with Gasteiger partial charge in [-0.3, -0.25) is 4.68 Å². The van der Waals surface area contributed by atoms with Crippen molar-refractivity contribution in [2.24, 2.45) is 0 Å². The van der Waals surface area contributed by atoms with Gasteiger partial charge in [-0.1, -0.05) is 6.08 Å². The Morgan fingerprint density at radius 1 is 1.60 bits per heavy atom. The van der Waals surface area contributed by atoms with Crippen LogP contribution in [0.5, 0.6) is 0 Å². The molecule has 3 heteroatoms. The van der Waals surface area contributed by atoms with E-state index in [1.807, 2.05) is 6.08 Å². The molecule has 0 N–H and O–H groups in total. The highest BCUT2D eigenvalue weighted by atomic mass is 19.1. The molecule has 0 radical (unpaired) electrons. The first-order valence-electron chi connectivity index (χ1n) is 3.26. The fourth-order valence-electron chi connectivity index (χ4n) is 1.11. The topological polar surface area (TPSA) is 17.8 Å². The molecule has 10 heavy (non-hydrogen) atoms. The van der Waals surface area contributed by atoms with Gasteiger partial charge in [-0.05, 0) is 12.5 Å². The lowest BCUT2D eigenvalue weighted by molar-refractivity contribution is 0.586. The SMILES string of the molecule is Fc1cnn2c1C=CCC2. The zero-order valence-corrected chi connectivity index (χ0v) is 5.42. The lowest BCUT2D eigenvalue weighted by Crippen LogP contribution is -2.04. The first-order chi connectivity index (χ1) is 4.88. The van der Waals surface area contributed by atoms with Gasteiger partial charge in [0.15, 0.2) is 5.82 Å². The number of aryl methyl sites for hydroxylation is 1. The Hall–Kier alpha value is -1.12. The van der Waals surface area contributed by atoms with Gasteiger partial charge in [0.1, 0.15) is 0 Å². The quantitative estimate of drug-likeness (QED) is 0.530. The molecule has 0 fully saturated rings. The highest BCUT2D eigenvalue weighted by Gasteiger charge is 2.08. The average molecular weight is 138 g/mol. The van der Waals surface area contributed by atoms with Crippen LogP contribution in [-0.4, -0.2) is 9.78 Å². The van der Waals surface area contributed by atoms with Gasteiger partial charge in [0.05, 0.1) is 11.9 Å². The molecule has 1 aliphatic rings. The number of halogens is 1. The maximum atomic E-state index is 12.7. The molecular weight excluding hydrogens is 131 g/mol. The van der Waals surface area contributed by atoms with Gasteiger partial charge in [-0.2, -0.15) is 5.10 Å². The molecular formula is C7H7FN2. The van der Waals surface area contributed by atoms with Crippen LogP contribution in [0.2, 0.25) is 0 Å². The van der Waals surface area contributed by atoms with E-state index >= 15 is 0 Å². The zero-order valence-electron chi connectivity index (χ0n) is 5.42. The summed E-state index contributed by atoms with van der Waals surface area (Å²) in [5.74, 6) is -0.226. The van der Waals surface area contributed by atoms with Crippen molar-refractivity contribution in [2.45, 2.75) is 13.0 Å². The van der Waals surface area contributed by atoms with Crippen LogP contribution in [0, 0.1) is 5.82 Å². The smallest absolute Gasteiger partial charge is 0.168 e. The summed E-state index contributed by atoms with van der Waals surface area (Å²) in [5, 5.41) is 3.85. The first-order valence-corrected chi connectivity index (χ1v) is 3.26. The molecule has 0 aromatic carbocycles. The summed E-state index contributed by atoms with van der Waals surface area (Å²) in [6.45, 7) is 0.801. The van der Waals surface area contributed by atoms with Crippen LogP contribution in [0.25, 0.3) is 6.08 Å². The normalized spacial score (nSPS) is 15.3. The van der Waals surface area contributed by atoms with E-state index in [2.05, 4.69) is 5.10 Å². The van der Waals surface area contributed by atoms with Gasteiger partial charge in [-0.15, -0.1) is 0 Å². The molecule has 0 saturated carbocycles. The van der Waals surface area contributed by atoms with Crippen molar-refractivity contribution in [2.75, 3.05) is 0 Å². The van der Waals surface area contributed by atoms with Crippen molar-refractivity contribution in [3.8, 4) is 0 Å². The Morgan fingerprint density at radius 2 is 2.50 bits per heavy atom. The van der Waals surface area contributed by atoms with Crippen LogP contribution < -0.4 is 0 Å². The summed E-state index contributed by atoms with van der Waals surface area (Å²) in [4.78, 5) is 0. The Kier molecular flexibility index (Phi) is 1.09. The maximum absolute atomic E-state index is 12.7. The lowest BCUT2D eigenvalue weighted by atomic mass is 10.2. The van der Waals surface area contributed by atoms with Crippen LogP contribution in [0.3, 0.4) is 0 Å². The Bertz CT molecular complexity index is 275. The van der Waals surface area contributed by atoms with Crippen LogP contribution in [0.15, 0.2) is 12.3 Å². The lowest BCUT2D eigenvalue weighted by Gasteiger charge is -2.05. The third kappa shape index (κ3) is 0.667. The summed E-state index contributed by atoms with van der Waals surface area (Å²) in [6.07, 6.45) is 5.94. The molecule has 1 aromatic heterocycles. The second-order valence-corrected chi connectivity index (χ2v) is 2.29. The van der Waals surface area contributed by atoms with Crippen molar-refractivity contribution in [1.29, 1.82) is 0 Å². The van der Waals surface area contributed by atoms with Crippen molar-refractivity contribution < 1.29 is 4.39 Å². The molecule has 0 saturated heterocycles. The van der Waals surface area contributed by atoms with Crippen molar-refractivity contribution in [3.05, 3.63) is 23.8 Å². The fraction of sp³-hybridized carbons (Fsp3) is 0.286. The number of hydrogen-bond donors (Lipinski definition) is 0. The number of fused-ring (bicyclic) bond motifs is 1. The van der Waals surface area contributed by atoms with Gasteiger partial charge in [0, 0.05) is 6.54 Å². The minimum absolute atomic E-state index is 0.226. The summed E-state index contributed by atoms with van der Waals surface area (Å²) in [6, 6.07) is 0. The largest absolute Gasteiger partial charge is 0.262 e. The third-order valence-electron chi connectivity index (χ3n) is 1.62. The van der Waals surface area contributed by atoms with Crippen LogP contribution in [-0.2, 0) is 6.54 Å². The van der Waals surface area contributed by atoms with Crippen LogP contribution in [0.1, 0.15) is 12.1 Å². The molecule has 1 aliphatic heterocycles. The summed E-state index contributed by atoms with van der Waals surface area (Å²) in [7, 11) is 0. The van der Waals surface area contributed by atoms with Crippen LogP contribution >= 0.6 is 0 Å². The van der Waals surface area contributed by atoms with E-state index in [-0.39, 0.29) is 5.82 Å². The Labute approximate surface area is 58.0 Å². The van der Waals surface area contributed by atoms with Crippen molar-refractivity contribution in [3.63, 3.8) is 0 Å². The minimum atomic E-state index is -0.226. The van der Waals surface area contributed by atoms with Gasteiger partial charge in [0.2, 0.25) is 0 Å². The Morgan fingerprint density at radius 3 is 3.30 bits per heavy atom. The summed E-state index contributed by atoms with van der Waals surface area (Å²) in [5.41, 5.74) is 0.603. The predicted octanol–water partition coefficient (Wildman–Crippen LogP) is 1.44. The number of hydrogen-bond acceptors (Lipinski definition) is 1. The molecule has 0 aliphatic carbocycles. The van der Waals surface area contributed by atoms with E-state index in [1.165, 1.54) is 6.20 Å². The molecule has 0 bridgehead atoms.